The molecule has 1 aromatic rings. The first-order valence-electron chi connectivity index (χ1n) is 8.32. The summed E-state index contributed by atoms with van der Waals surface area (Å²) in [5.41, 5.74) is 1.09. The van der Waals surface area contributed by atoms with Crippen LogP contribution in [0, 0.1) is 18.3 Å². The van der Waals surface area contributed by atoms with Crippen LogP contribution in [-0.2, 0) is 4.74 Å². The van der Waals surface area contributed by atoms with Crippen molar-refractivity contribution in [2.24, 2.45) is 11.3 Å². The fraction of sp³-hybridized carbons (Fsp3) is 0.647. The average Bonchev–Trinajstić information content (AvgIpc) is 3.13. The van der Waals surface area contributed by atoms with Crippen molar-refractivity contribution in [3.8, 4) is 0 Å². The Morgan fingerprint density at radius 3 is 2.95 bits per heavy atom. The Bertz CT molecular complexity index is 583. The molecule has 0 bridgehead atoms. The molecular formula is C17H23N3O2. The summed E-state index contributed by atoms with van der Waals surface area (Å²) < 4.78 is 5.95. The van der Waals surface area contributed by atoms with Gasteiger partial charge in [0.05, 0.1) is 6.10 Å². The molecule has 5 nitrogen and oxygen atoms in total. The third-order valence-corrected chi connectivity index (χ3v) is 5.70. The number of ether oxygens (including phenoxy) is 1. The summed E-state index contributed by atoms with van der Waals surface area (Å²) >= 11 is 0. The van der Waals surface area contributed by atoms with Gasteiger partial charge in [-0.25, -0.2) is 9.78 Å². The van der Waals surface area contributed by atoms with E-state index in [-0.39, 0.29) is 17.5 Å². The molecule has 1 aromatic heterocycles. The van der Waals surface area contributed by atoms with Crippen LogP contribution in [0.25, 0.3) is 0 Å². The molecule has 0 radical (unpaired) electrons. The van der Waals surface area contributed by atoms with Gasteiger partial charge in [-0.05, 0) is 38.3 Å². The Labute approximate surface area is 130 Å². The number of urea groups is 1. The summed E-state index contributed by atoms with van der Waals surface area (Å²) in [5, 5.41) is 6.08. The molecule has 0 aromatic carbocycles. The molecule has 2 aliphatic carbocycles. The number of rotatable bonds is 2. The lowest BCUT2D eigenvalue weighted by atomic mass is 9.54. The van der Waals surface area contributed by atoms with E-state index in [0.717, 1.165) is 18.7 Å². The molecule has 2 heterocycles. The molecule has 0 unspecified atom stereocenters. The molecule has 2 amide bonds. The number of aryl methyl sites for hydroxylation is 1. The van der Waals surface area contributed by atoms with Crippen LogP contribution < -0.4 is 10.6 Å². The van der Waals surface area contributed by atoms with Crippen molar-refractivity contribution in [2.75, 3.05) is 11.9 Å². The van der Waals surface area contributed by atoms with Gasteiger partial charge in [-0.2, -0.15) is 0 Å². The lowest BCUT2D eigenvalue weighted by Crippen LogP contribution is -2.68. The summed E-state index contributed by atoms with van der Waals surface area (Å²) in [6.07, 6.45) is 6.32. The second kappa shape index (κ2) is 5.23. The first-order chi connectivity index (χ1) is 10.7. The zero-order valence-corrected chi connectivity index (χ0v) is 13.0. The molecule has 3 atom stereocenters. The van der Waals surface area contributed by atoms with Gasteiger partial charge in [0.25, 0.3) is 0 Å². The van der Waals surface area contributed by atoms with Crippen LogP contribution in [0.1, 0.15) is 37.8 Å². The van der Waals surface area contributed by atoms with Crippen LogP contribution in [0.4, 0.5) is 10.6 Å². The molecule has 5 heteroatoms. The van der Waals surface area contributed by atoms with Crippen molar-refractivity contribution < 1.29 is 9.53 Å². The maximum atomic E-state index is 12.4. The van der Waals surface area contributed by atoms with Gasteiger partial charge >= 0.3 is 6.03 Å². The fourth-order valence-electron chi connectivity index (χ4n) is 4.81. The number of fused-ring (bicyclic) bond motifs is 2. The highest BCUT2D eigenvalue weighted by Gasteiger charge is 2.65. The van der Waals surface area contributed by atoms with Crippen molar-refractivity contribution in [2.45, 2.75) is 51.2 Å². The number of carbonyl (C=O) groups is 1. The van der Waals surface area contributed by atoms with Gasteiger partial charge in [-0.15, -0.1) is 0 Å². The van der Waals surface area contributed by atoms with Crippen molar-refractivity contribution in [1.82, 2.24) is 10.3 Å². The van der Waals surface area contributed by atoms with E-state index in [0.29, 0.717) is 17.8 Å². The standard InChI is InChI=1S/C17H23N3O2/c1-11-5-4-6-13(18-11)19-16(21)20-14-12-7-10-22-15(12)17(14)8-2-3-9-17/h4-6,12,14-15H,2-3,7-10H2,1H3,(H2,18,19,20,21)/t12-,14-,15-/m1/s1. The molecular weight excluding hydrogens is 278 g/mol. The van der Waals surface area contributed by atoms with E-state index in [4.69, 9.17) is 4.74 Å². The third kappa shape index (κ3) is 2.10. The summed E-state index contributed by atoms with van der Waals surface area (Å²) in [6.45, 7) is 2.76. The summed E-state index contributed by atoms with van der Waals surface area (Å²) in [7, 11) is 0. The minimum atomic E-state index is -0.139. The number of nitrogens with one attached hydrogen (secondary N) is 2. The minimum Gasteiger partial charge on any atom is -0.377 e. The van der Waals surface area contributed by atoms with E-state index in [2.05, 4.69) is 15.6 Å². The fourth-order valence-corrected chi connectivity index (χ4v) is 4.81. The minimum absolute atomic E-state index is 0.139. The van der Waals surface area contributed by atoms with Crippen molar-refractivity contribution in [3.05, 3.63) is 23.9 Å². The van der Waals surface area contributed by atoms with Crippen molar-refractivity contribution >= 4 is 11.8 Å². The number of carbonyl (C=O) groups excluding carboxylic acids is 1. The van der Waals surface area contributed by atoms with Gasteiger partial charge in [-0.1, -0.05) is 18.9 Å². The predicted octanol–water partition coefficient (Wildman–Crippen LogP) is 2.86. The largest absolute Gasteiger partial charge is 0.377 e. The number of pyridine rings is 1. The molecule has 118 valence electrons. The molecule has 3 fully saturated rings. The number of anilines is 1. The number of amides is 2. The normalized spacial score (nSPS) is 31.6. The van der Waals surface area contributed by atoms with E-state index >= 15 is 0 Å². The number of aromatic nitrogens is 1. The average molecular weight is 301 g/mol. The Morgan fingerprint density at radius 2 is 2.18 bits per heavy atom. The highest BCUT2D eigenvalue weighted by Crippen LogP contribution is 2.60. The third-order valence-electron chi connectivity index (χ3n) is 5.70. The van der Waals surface area contributed by atoms with Crippen LogP contribution in [0.15, 0.2) is 18.2 Å². The molecule has 2 N–H and O–H groups in total. The highest BCUT2D eigenvalue weighted by molar-refractivity contribution is 5.88. The summed E-state index contributed by atoms with van der Waals surface area (Å²) in [5.74, 6) is 1.10. The Kier molecular flexibility index (Phi) is 3.33. The van der Waals surface area contributed by atoms with E-state index in [9.17, 15) is 4.79 Å². The van der Waals surface area contributed by atoms with Crippen LogP contribution in [0.3, 0.4) is 0 Å². The lowest BCUT2D eigenvalue weighted by Gasteiger charge is -2.56. The zero-order valence-electron chi connectivity index (χ0n) is 13.0. The number of hydrogen-bond donors (Lipinski definition) is 2. The molecule has 22 heavy (non-hydrogen) atoms. The van der Waals surface area contributed by atoms with Gasteiger partial charge in [0, 0.05) is 29.7 Å². The summed E-state index contributed by atoms with van der Waals surface area (Å²) in [4.78, 5) is 16.7. The predicted molar refractivity (Wildman–Crippen MR) is 83.7 cm³/mol. The quantitative estimate of drug-likeness (QED) is 0.883. The van der Waals surface area contributed by atoms with E-state index in [1.54, 1.807) is 0 Å². The number of hydrogen-bond acceptors (Lipinski definition) is 3. The first kappa shape index (κ1) is 14.0. The molecule has 1 aliphatic heterocycles. The molecule has 3 aliphatic rings. The van der Waals surface area contributed by atoms with Gasteiger partial charge in [0.2, 0.25) is 0 Å². The van der Waals surface area contributed by atoms with Gasteiger partial charge < -0.3 is 10.1 Å². The maximum absolute atomic E-state index is 12.4. The topological polar surface area (TPSA) is 63.2 Å². The number of nitrogens with zero attached hydrogens (tertiary/aromatic N) is 1. The second-order valence-corrected chi connectivity index (χ2v) is 6.92. The van der Waals surface area contributed by atoms with E-state index in [1.807, 2.05) is 25.1 Å². The van der Waals surface area contributed by atoms with E-state index in [1.165, 1.54) is 25.7 Å². The van der Waals surface area contributed by atoms with Gasteiger partial charge in [-0.3, -0.25) is 5.32 Å². The summed E-state index contributed by atoms with van der Waals surface area (Å²) in [6, 6.07) is 5.76. The van der Waals surface area contributed by atoms with Crippen LogP contribution >= 0.6 is 0 Å². The monoisotopic (exact) mass is 301 g/mol. The maximum Gasteiger partial charge on any atom is 0.320 e. The van der Waals surface area contributed by atoms with Crippen LogP contribution in [0.2, 0.25) is 0 Å². The highest BCUT2D eigenvalue weighted by atomic mass is 16.5. The van der Waals surface area contributed by atoms with Crippen molar-refractivity contribution in [3.63, 3.8) is 0 Å². The van der Waals surface area contributed by atoms with Crippen LogP contribution in [-0.4, -0.2) is 29.8 Å². The van der Waals surface area contributed by atoms with Crippen LogP contribution in [0.5, 0.6) is 0 Å². The van der Waals surface area contributed by atoms with Crippen molar-refractivity contribution in [1.29, 1.82) is 0 Å². The Balaban J connectivity index is 1.45. The SMILES string of the molecule is Cc1cccc(NC(=O)N[C@@H]2[C@H]3CCO[C@H]3C23CCCC3)n1. The molecule has 1 spiro atoms. The molecule has 4 rings (SSSR count). The first-order valence-corrected chi connectivity index (χ1v) is 8.32. The van der Waals surface area contributed by atoms with Gasteiger partial charge in [0.15, 0.2) is 0 Å². The zero-order chi connectivity index (χ0) is 15.2. The second-order valence-electron chi connectivity index (χ2n) is 6.92. The lowest BCUT2D eigenvalue weighted by molar-refractivity contribution is -0.125. The Morgan fingerprint density at radius 1 is 1.36 bits per heavy atom. The van der Waals surface area contributed by atoms with E-state index < -0.39 is 0 Å². The van der Waals surface area contributed by atoms with Gasteiger partial charge in [0.1, 0.15) is 5.82 Å². The Hall–Kier alpha value is -1.62. The molecule has 2 saturated carbocycles. The molecule has 1 saturated heterocycles. The smallest absolute Gasteiger partial charge is 0.320 e.